The molecule has 3 unspecified atom stereocenters. The largest absolute Gasteiger partial charge is 0.473 e. The van der Waals surface area contributed by atoms with Crippen molar-refractivity contribution in [2.24, 2.45) is 0 Å². The van der Waals surface area contributed by atoms with E-state index in [0.717, 1.165) is 30.7 Å². The zero-order chi connectivity index (χ0) is 24.1. The smallest absolute Gasteiger partial charge is 0.326 e. The fourth-order valence-corrected chi connectivity index (χ4v) is 4.86. The number of carbonyl (C=O) groups excluding carboxylic acids is 1. The number of fused-ring (bicyclic) bond motifs is 4. The first-order chi connectivity index (χ1) is 16.2. The second-order valence-corrected chi connectivity index (χ2v) is 10.2. The predicted molar refractivity (Wildman–Crippen MR) is 125 cm³/mol. The standard InChI is InChI=1S/C24H31N7O3/c1-6-31-19(15-11-25-14(2)26-12-15)29-18-20(31)27-13-28-21(18)33-17-7-8-24(10-16(9-17)30-24)22(32)34-23(3,4)5/h11-13,16-17,30H,6-10H2,1-5H3. The third kappa shape index (κ3) is 4.11. The number of rotatable bonds is 5. The average molecular weight is 466 g/mol. The molecular weight excluding hydrogens is 434 g/mol. The Morgan fingerprint density at radius 3 is 2.65 bits per heavy atom. The van der Waals surface area contributed by atoms with Crippen LogP contribution in [0, 0.1) is 6.92 Å². The molecule has 0 amide bonds. The van der Waals surface area contributed by atoms with Gasteiger partial charge in [0, 0.05) is 25.0 Å². The first-order valence-corrected chi connectivity index (χ1v) is 11.9. The van der Waals surface area contributed by atoms with Crippen molar-refractivity contribution in [1.82, 2.24) is 34.8 Å². The van der Waals surface area contributed by atoms with Gasteiger partial charge in [-0.3, -0.25) is 10.1 Å². The van der Waals surface area contributed by atoms with Crippen molar-refractivity contribution in [2.45, 2.75) is 90.1 Å². The maximum absolute atomic E-state index is 12.8. The van der Waals surface area contributed by atoms with E-state index in [1.807, 2.05) is 39.2 Å². The fourth-order valence-electron chi connectivity index (χ4n) is 4.86. The normalized spacial score (nSPS) is 24.4. The van der Waals surface area contributed by atoms with Crippen LogP contribution < -0.4 is 10.1 Å². The van der Waals surface area contributed by atoms with Crippen LogP contribution in [-0.2, 0) is 16.1 Å². The second-order valence-electron chi connectivity index (χ2n) is 10.2. The number of aryl methyl sites for hydroxylation is 2. The van der Waals surface area contributed by atoms with E-state index in [1.54, 1.807) is 12.4 Å². The molecule has 0 aromatic carbocycles. The summed E-state index contributed by atoms with van der Waals surface area (Å²) in [7, 11) is 0. The molecule has 10 heteroatoms. The highest BCUT2D eigenvalue weighted by molar-refractivity contribution is 5.83. The molecular formula is C24H31N7O3. The summed E-state index contributed by atoms with van der Waals surface area (Å²) in [6, 6.07) is 0.214. The lowest BCUT2D eigenvalue weighted by Crippen LogP contribution is -2.67. The van der Waals surface area contributed by atoms with Gasteiger partial charge in [0.2, 0.25) is 5.88 Å². The fraction of sp³-hybridized carbons (Fsp3) is 0.583. The summed E-state index contributed by atoms with van der Waals surface area (Å²) in [4.78, 5) is 35.2. The Kier molecular flexibility index (Phi) is 5.50. The van der Waals surface area contributed by atoms with E-state index >= 15 is 0 Å². The molecule has 3 aliphatic rings. The molecule has 2 aliphatic heterocycles. The van der Waals surface area contributed by atoms with Crippen LogP contribution in [-0.4, -0.2) is 58.7 Å². The van der Waals surface area contributed by atoms with Gasteiger partial charge < -0.3 is 14.0 Å². The Balaban J connectivity index is 1.39. The third-order valence-electron chi connectivity index (χ3n) is 6.44. The van der Waals surface area contributed by atoms with Gasteiger partial charge in [-0.2, -0.15) is 4.98 Å². The van der Waals surface area contributed by atoms with Crippen molar-refractivity contribution < 1.29 is 14.3 Å². The second kappa shape index (κ2) is 8.26. The SMILES string of the molecule is CCn1c(-c2cnc(C)nc2)nc2c(OC3CCC4(C(=O)OC(C)(C)C)CC(C3)N4)ncnc21. The summed E-state index contributed by atoms with van der Waals surface area (Å²) >= 11 is 0. The van der Waals surface area contributed by atoms with Crippen molar-refractivity contribution in [3.8, 4) is 17.3 Å². The number of esters is 1. The molecule has 2 saturated heterocycles. The van der Waals surface area contributed by atoms with Crippen LogP contribution in [0.4, 0.5) is 0 Å². The number of carbonyl (C=O) groups is 1. The monoisotopic (exact) mass is 465 g/mol. The third-order valence-corrected chi connectivity index (χ3v) is 6.44. The average Bonchev–Trinajstić information content (AvgIpc) is 2.91. The van der Waals surface area contributed by atoms with E-state index in [2.05, 4.69) is 25.3 Å². The van der Waals surface area contributed by atoms with Gasteiger partial charge in [-0.1, -0.05) is 0 Å². The number of imidazole rings is 1. The molecule has 2 bridgehead atoms. The quantitative estimate of drug-likeness (QED) is 0.567. The minimum Gasteiger partial charge on any atom is -0.473 e. The van der Waals surface area contributed by atoms with Gasteiger partial charge in [-0.15, -0.1) is 0 Å². The van der Waals surface area contributed by atoms with E-state index in [4.69, 9.17) is 14.5 Å². The molecule has 1 saturated carbocycles. The van der Waals surface area contributed by atoms with Crippen LogP contribution in [0.3, 0.4) is 0 Å². The highest BCUT2D eigenvalue weighted by Crippen LogP contribution is 2.40. The van der Waals surface area contributed by atoms with E-state index < -0.39 is 11.1 Å². The number of nitrogens with one attached hydrogen (secondary N) is 1. The predicted octanol–water partition coefficient (Wildman–Crippen LogP) is 2.99. The van der Waals surface area contributed by atoms with Crippen molar-refractivity contribution >= 4 is 17.1 Å². The van der Waals surface area contributed by atoms with Crippen LogP contribution in [0.25, 0.3) is 22.6 Å². The van der Waals surface area contributed by atoms with Crippen LogP contribution in [0.5, 0.6) is 5.88 Å². The summed E-state index contributed by atoms with van der Waals surface area (Å²) in [5, 5.41) is 3.46. The highest BCUT2D eigenvalue weighted by atomic mass is 16.6. The topological polar surface area (TPSA) is 117 Å². The molecule has 1 aliphatic carbocycles. The molecule has 3 atom stereocenters. The first-order valence-electron chi connectivity index (χ1n) is 11.9. The summed E-state index contributed by atoms with van der Waals surface area (Å²) in [5.41, 5.74) is 1.02. The van der Waals surface area contributed by atoms with Crippen molar-refractivity contribution in [1.29, 1.82) is 0 Å². The van der Waals surface area contributed by atoms with Gasteiger partial charge in [-0.25, -0.2) is 19.9 Å². The highest BCUT2D eigenvalue weighted by Gasteiger charge is 2.54. The lowest BCUT2D eigenvalue weighted by atomic mass is 9.80. The van der Waals surface area contributed by atoms with Crippen LogP contribution in [0.2, 0.25) is 0 Å². The molecule has 3 aromatic rings. The Bertz CT molecular complexity index is 1210. The molecule has 0 radical (unpaired) electrons. The van der Waals surface area contributed by atoms with E-state index in [9.17, 15) is 4.79 Å². The molecule has 34 heavy (non-hydrogen) atoms. The maximum Gasteiger partial charge on any atom is 0.326 e. The van der Waals surface area contributed by atoms with Crippen molar-refractivity contribution in [3.05, 3.63) is 24.5 Å². The number of hydrogen-bond donors (Lipinski definition) is 1. The van der Waals surface area contributed by atoms with Crippen molar-refractivity contribution in [3.63, 3.8) is 0 Å². The van der Waals surface area contributed by atoms with E-state index in [-0.39, 0.29) is 18.1 Å². The molecule has 3 aromatic heterocycles. The number of ether oxygens (including phenoxy) is 2. The molecule has 3 fully saturated rings. The maximum atomic E-state index is 12.8. The van der Waals surface area contributed by atoms with Gasteiger partial charge >= 0.3 is 5.97 Å². The Morgan fingerprint density at radius 1 is 1.24 bits per heavy atom. The summed E-state index contributed by atoms with van der Waals surface area (Å²) < 4.78 is 14.1. The van der Waals surface area contributed by atoms with Gasteiger partial charge in [0.1, 0.15) is 35.2 Å². The van der Waals surface area contributed by atoms with Crippen LogP contribution >= 0.6 is 0 Å². The molecule has 6 rings (SSSR count). The summed E-state index contributed by atoms with van der Waals surface area (Å²) in [6.45, 7) is 10.3. The molecule has 180 valence electrons. The molecule has 1 N–H and O–H groups in total. The zero-order valence-corrected chi connectivity index (χ0v) is 20.3. The van der Waals surface area contributed by atoms with Gasteiger partial charge in [0.25, 0.3) is 0 Å². The summed E-state index contributed by atoms with van der Waals surface area (Å²) in [5.74, 6) is 1.72. The van der Waals surface area contributed by atoms with E-state index in [1.165, 1.54) is 6.33 Å². The minimum absolute atomic E-state index is 0.0830. The molecule has 0 spiro atoms. The van der Waals surface area contributed by atoms with Crippen LogP contribution in [0.15, 0.2) is 18.7 Å². The number of aromatic nitrogens is 6. The van der Waals surface area contributed by atoms with Crippen LogP contribution in [0.1, 0.15) is 59.2 Å². The van der Waals surface area contributed by atoms with E-state index in [0.29, 0.717) is 35.8 Å². The number of hydrogen-bond acceptors (Lipinski definition) is 9. The van der Waals surface area contributed by atoms with Crippen molar-refractivity contribution in [2.75, 3.05) is 0 Å². The number of nitrogens with zero attached hydrogens (tertiary/aromatic N) is 6. The Labute approximate surface area is 198 Å². The lowest BCUT2D eigenvalue weighted by molar-refractivity contribution is -0.168. The molecule has 10 nitrogen and oxygen atoms in total. The Hall–Kier alpha value is -3.14. The van der Waals surface area contributed by atoms with Gasteiger partial charge in [-0.05, 0) is 60.3 Å². The lowest BCUT2D eigenvalue weighted by Gasteiger charge is -2.46. The zero-order valence-electron chi connectivity index (χ0n) is 20.3. The first kappa shape index (κ1) is 22.6. The summed E-state index contributed by atoms with van der Waals surface area (Å²) in [6.07, 6.45) is 7.91. The molecule has 5 heterocycles. The Morgan fingerprint density at radius 2 is 1.97 bits per heavy atom. The van der Waals surface area contributed by atoms with Gasteiger partial charge in [0.15, 0.2) is 11.2 Å². The minimum atomic E-state index is -0.612. The van der Waals surface area contributed by atoms with Gasteiger partial charge in [0.05, 0.1) is 5.56 Å².